The van der Waals surface area contributed by atoms with Crippen LogP contribution in [0, 0.1) is 5.82 Å². The standard InChI is InChI=1S/C24H18BrFN2O3/c1-30-18-9-4-15(5-10-18)23(29)24-28-21(19-12-16(25)6-11-22(19)31-24)13-20(27-28)14-2-7-17(26)8-3-14/h2-12,21,24H,13H2,1H3/t21-,24+/m0/s1. The summed E-state index contributed by atoms with van der Waals surface area (Å²) in [4.78, 5) is 13.4. The van der Waals surface area contributed by atoms with Crippen molar-refractivity contribution in [1.82, 2.24) is 5.01 Å². The minimum Gasteiger partial charge on any atom is -0.497 e. The van der Waals surface area contributed by atoms with E-state index < -0.39 is 6.23 Å². The fourth-order valence-corrected chi connectivity index (χ4v) is 4.32. The first kappa shape index (κ1) is 19.8. The largest absolute Gasteiger partial charge is 0.497 e. The van der Waals surface area contributed by atoms with Crippen LogP contribution in [0.5, 0.6) is 11.5 Å². The van der Waals surface area contributed by atoms with Gasteiger partial charge in [-0.05, 0) is 60.2 Å². The summed E-state index contributed by atoms with van der Waals surface area (Å²) in [5, 5.41) is 6.46. The molecule has 0 N–H and O–H groups in total. The van der Waals surface area contributed by atoms with Crippen molar-refractivity contribution in [2.45, 2.75) is 18.7 Å². The molecule has 7 heteroatoms. The van der Waals surface area contributed by atoms with Gasteiger partial charge in [0.1, 0.15) is 17.3 Å². The summed E-state index contributed by atoms with van der Waals surface area (Å²) in [6.45, 7) is 0. The molecule has 2 atom stereocenters. The molecule has 0 fully saturated rings. The number of ketones is 1. The highest BCUT2D eigenvalue weighted by atomic mass is 79.9. The molecule has 0 unspecified atom stereocenters. The lowest BCUT2D eigenvalue weighted by Crippen LogP contribution is -2.45. The quantitative estimate of drug-likeness (QED) is 0.472. The number of hydrazone groups is 1. The minimum absolute atomic E-state index is 0.159. The first-order valence-electron chi connectivity index (χ1n) is 9.79. The molecule has 0 amide bonds. The fraction of sp³-hybridized carbons (Fsp3) is 0.167. The third-order valence-corrected chi connectivity index (χ3v) is 6.02. The highest BCUT2D eigenvalue weighted by Gasteiger charge is 2.43. The lowest BCUT2D eigenvalue weighted by molar-refractivity contribution is -0.00459. The van der Waals surface area contributed by atoms with E-state index in [0.717, 1.165) is 21.3 Å². The van der Waals surface area contributed by atoms with Crippen LogP contribution >= 0.6 is 15.9 Å². The molecular weight excluding hydrogens is 463 g/mol. The number of carbonyl (C=O) groups is 1. The molecule has 5 nitrogen and oxygen atoms in total. The van der Waals surface area contributed by atoms with Gasteiger partial charge in [-0.2, -0.15) is 5.10 Å². The molecule has 2 aliphatic heterocycles. The van der Waals surface area contributed by atoms with Crippen LogP contribution in [0.2, 0.25) is 0 Å². The molecule has 0 saturated carbocycles. The van der Waals surface area contributed by atoms with E-state index in [-0.39, 0.29) is 17.6 Å². The Labute approximate surface area is 187 Å². The molecular formula is C24H18BrFN2O3. The zero-order valence-corrected chi connectivity index (χ0v) is 18.2. The van der Waals surface area contributed by atoms with Gasteiger partial charge in [0.15, 0.2) is 0 Å². The number of halogens is 2. The molecule has 0 saturated heterocycles. The molecule has 3 aromatic carbocycles. The van der Waals surface area contributed by atoms with E-state index in [2.05, 4.69) is 15.9 Å². The number of methoxy groups -OCH3 is 1. The van der Waals surface area contributed by atoms with E-state index in [1.54, 1.807) is 48.5 Å². The van der Waals surface area contributed by atoms with Gasteiger partial charge in [-0.25, -0.2) is 9.40 Å². The second kappa shape index (κ2) is 7.81. The van der Waals surface area contributed by atoms with Crippen molar-refractivity contribution >= 4 is 27.4 Å². The molecule has 2 heterocycles. The van der Waals surface area contributed by atoms with E-state index in [9.17, 15) is 9.18 Å². The minimum atomic E-state index is -0.898. The zero-order valence-electron chi connectivity index (χ0n) is 16.6. The number of nitrogens with zero attached hydrogens (tertiary/aromatic N) is 2. The molecule has 156 valence electrons. The van der Waals surface area contributed by atoms with Crippen LogP contribution in [0.1, 0.15) is 33.9 Å². The highest BCUT2D eigenvalue weighted by molar-refractivity contribution is 9.10. The molecule has 0 bridgehead atoms. The number of Topliss-reactive ketones (excluding diaryl/α,β-unsaturated/α-hetero) is 1. The van der Waals surface area contributed by atoms with Gasteiger partial charge in [0.05, 0.1) is 18.9 Å². The van der Waals surface area contributed by atoms with Gasteiger partial charge in [0.25, 0.3) is 6.23 Å². The Balaban J connectivity index is 1.55. The van der Waals surface area contributed by atoms with E-state index in [1.165, 1.54) is 12.1 Å². The Kier molecular flexibility index (Phi) is 4.98. The highest BCUT2D eigenvalue weighted by Crippen LogP contribution is 2.44. The first-order chi connectivity index (χ1) is 15.0. The van der Waals surface area contributed by atoms with Gasteiger partial charge < -0.3 is 9.47 Å². The maximum Gasteiger partial charge on any atom is 0.251 e. The third kappa shape index (κ3) is 3.59. The average molecular weight is 481 g/mol. The Morgan fingerprint density at radius 3 is 2.58 bits per heavy atom. The van der Waals surface area contributed by atoms with E-state index in [0.29, 0.717) is 23.5 Å². The molecule has 5 rings (SSSR count). The van der Waals surface area contributed by atoms with Crippen LogP contribution in [0.25, 0.3) is 0 Å². The van der Waals surface area contributed by atoms with Crippen molar-refractivity contribution in [3.05, 3.63) is 93.7 Å². The molecule has 0 radical (unpaired) electrons. The zero-order chi connectivity index (χ0) is 21.5. The predicted octanol–water partition coefficient (Wildman–Crippen LogP) is 5.35. The first-order valence-corrected chi connectivity index (χ1v) is 10.6. The van der Waals surface area contributed by atoms with Crippen molar-refractivity contribution in [2.24, 2.45) is 5.10 Å². The molecule has 3 aromatic rings. The lowest BCUT2D eigenvalue weighted by atomic mass is 9.96. The molecule has 0 aliphatic carbocycles. The summed E-state index contributed by atoms with van der Waals surface area (Å²) in [6, 6.07) is 18.7. The number of hydrogen-bond acceptors (Lipinski definition) is 5. The number of hydrogen-bond donors (Lipinski definition) is 0. The summed E-state index contributed by atoms with van der Waals surface area (Å²) in [6.07, 6.45) is -0.310. The van der Waals surface area contributed by atoms with Crippen molar-refractivity contribution in [1.29, 1.82) is 0 Å². The summed E-state index contributed by atoms with van der Waals surface area (Å²) >= 11 is 3.52. The third-order valence-electron chi connectivity index (χ3n) is 5.53. The van der Waals surface area contributed by atoms with Crippen LogP contribution in [0.15, 0.2) is 76.3 Å². The predicted molar refractivity (Wildman–Crippen MR) is 118 cm³/mol. The lowest BCUT2D eigenvalue weighted by Gasteiger charge is -2.37. The van der Waals surface area contributed by atoms with E-state index >= 15 is 0 Å². The number of rotatable bonds is 4. The summed E-state index contributed by atoms with van der Waals surface area (Å²) in [5.74, 6) is 0.842. The van der Waals surface area contributed by atoms with E-state index in [1.807, 2.05) is 18.2 Å². The maximum atomic E-state index is 13.4. The average Bonchev–Trinajstić information content (AvgIpc) is 3.24. The van der Waals surface area contributed by atoms with Crippen molar-refractivity contribution in [3.8, 4) is 11.5 Å². The molecule has 31 heavy (non-hydrogen) atoms. The topological polar surface area (TPSA) is 51.1 Å². The van der Waals surface area contributed by atoms with Crippen LogP contribution in [-0.4, -0.2) is 29.8 Å². The van der Waals surface area contributed by atoms with Crippen LogP contribution in [-0.2, 0) is 0 Å². The van der Waals surface area contributed by atoms with Crippen LogP contribution in [0.3, 0.4) is 0 Å². The fourth-order valence-electron chi connectivity index (χ4n) is 3.95. The number of benzene rings is 3. The van der Waals surface area contributed by atoms with Crippen LogP contribution in [0.4, 0.5) is 4.39 Å². The Hall–Kier alpha value is -3.19. The monoisotopic (exact) mass is 480 g/mol. The van der Waals surface area contributed by atoms with Crippen molar-refractivity contribution in [2.75, 3.05) is 7.11 Å². The smallest absolute Gasteiger partial charge is 0.251 e. The van der Waals surface area contributed by atoms with E-state index in [4.69, 9.17) is 14.6 Å². The second-order valence-corrected chi connectivity index (χ2v) is 8.31. The normalized spacial score (nSPS) is 19.2. The Morgan fingerprint density at radius 2 is 1.87 bits per heavy atom. The van der Waals surface area contributed by atoms with Gasteiger partial charge in [0.2, 0.25) is 5.78 Å². The summed E-state index contributed by atoms with van der Waals surface area (Å²) < 4.78 is 25.6. The Morgan fingerprint density at radius 1 is 1.13 bits per heavy atom. The summed E-state index contributed by atoms with van der Waals surface area (Å²) in [5.41, 5.74) is 3.07. The number of carbonyl (C=O) groups excluding carboxylic acids is 1. The number of ether oxygens (including phenoxy) is 2. The summed E-state index contributed by atoms with van der Waals surface area (Å²) in [7, 11) is 1.58. The number of fused-ring (bicyclic) bond motifs is 3. The van der Waals surface area contributed by atoms with Crippen LogP contribution < -0.4 is 9.47 Å². The SMILES string of the molecule is COc1ccc(C(=O)[C@H]2Oc3ccc(Br)cc3[C@@H]3CC(c4ccc(F)cc4)=NN23)cc1. The van der Waals surface area contributed by atoms with Gasteiger partial charge in [-0.3, -0.25) is 4.79 Å². The van der Waals surface area contributed by atoms with Gasteiger partial charge in [0, 0.05) is 22.0 Å². The Bertz CT molecular complexity index is 1180. The van der Waals surface area contributed by atoms with Crippen molar-refractivity contribution in [3.63, 3.8) is 0 Å². The second-order valence-electron chi connectivity index (χ2n) is 7.40. The van der Waals surface area contributed by atoms with Gasteiger partial charge in [-0.15, -0.1) is 0 Å². The molecule has 0 aromatic heterocycles. The molecule has 2 aliphatic rings. The maximum absolute atomic E-state index is 13.4. The van der Waals surface area contributed by atoms with Crippen molar-refractivity contribution < 1.29 is 18.7 Å². The van der Waals surface area contributed by atoms with Gasteiger partial charge >= 0.3 is 0 Å². The van der Waals surface area contributed by atoms with Gasteiger partial charge in [-0.1, -0.05) is 28.1 Å². The molecule has 0 spiro atoms.